The Morgan fingerprint density at radius 1 is 1.29 bits per heavy atom. The van der Waals surface area contributed by atoms with E-state index in [4.69, 9.17) is 9.84 Å². The van der Waals surface area contributed by atoms with Gasteiger partial charge in [0, 0.05) is 6.54 Å². The van der Waals surface area contributed by atoms with Gasteiger partial charge in [0.25, 0.3) is 5.91 Å². The molecule has 0 aromatic rings. The fraction of sp³-hybridized carbons (Fsp3) is 0.667. The molecule has 0 aliphatic carbocycles. The Morgan fingerprint density at radius 2 is 2.00 bits per heavy atom. The number of hydrogen-bond acceptors (Lipinski definition) is 6. The van der Waals surface area contributed by atoms with Crippen LogP contribution in [0.3, 0.4) is 0 Å². The summed E-state index contributed by atoms with van der Waals surface area (Å²) in [5, 5.41) is 10.4. The summed E-state index contributed by atoms with van der Waals surface area (Å²) < 4.78 is 9.43. The quantitative estimate of drug-likeness (QED) is 0.625. The number of carbonyl (C=O) groups is 4. The van der Waals surface area contributed by atoms with E-state index in [1.807, 2.05) is 5.32 Å². The second-order valence-electron chi connectivity index (χ2n) is 4.34. The third kappa shape index (κ3) is 5.38. The molecule has 0 aromatic heterocycles. The van der Waals surface area contributed by atoms with Gasteiger partial charge in [-0.1, -0.05) is 0 Å². The molecule has 21 heavy (non-hydrogen) atoms. The second-order valence-corrected chi connectivity index (χ2v) is 4.34. The van der Waals surface area contributed by atoms with Crippen LogP contribution in [0.5, 0.6) is 0 Å². The smallest absolute Gasteiger partial charge is 0.329 e. The Kier molecular flexibility index (Phi) is 6.60. The van der Waals surface area contributed by atoms with Crippen molar-refractivity contribution >= 4 is 23.9 Å². The molecule has 1 aliphatic heterocycles. The van der Waals surface area contributed by atoms with Gasteiger partial charge in [0.05, 0.1) is 6.61 Å². The number of carbonyl (C=O) groups excluding carboxylic acids is 3. The number of imide groups is 1. The summed E-state index contributed by atoms with van der Waals surface area (Å²) in [5.74, 6) is -2.48. The van der Waals surface area contributed by atoms with Gasteiger partial charge in [-0.2, -0.15) is 0 Å². The van der Waals surface area contributed by atoms with Crippen molar-refractivity contribution in [2.45, 2.75) is 25.8 Å². The molecular formula is C12H18N2O7. The number of urea groups is 1. The fourth-order valence-corrected chi connectivity index (χ4v) is 1.95. The topological polar surface area (TPSA) is 122 Å². The number of hydrogen-bond donors (Lipinski definition) is 2. The second kappa shape index (κ2) is 8.20. The predicted octanol–water partition coefficient (Wildman–Crippen LogP) is -0.649. The summed E-state index contributed by atoms with van der Waals surface area (Å²) >= 11 is 0. The van der Waals surface area contributed by atoms with Crippen LogP contribution in [-0.4, -0.2) is 66.3 Å². The minimum absolute atomic E-state index is 0.215. The predicted molar refractivity (Wildman–Crippen MR) is 68.4 cm³/mol. The molecule has 1 atom stereocenters. The van der Waals surface area contributed by atoms with Gasteiger partial charge in [-0.15, -0.1) is 0 Å². The van der Waals surface area contributed by atoms with Crippen molar-refractivity contribution in [3.05, 3.63) is 0 Å². The molecule has 118 valence electrons. The minimum atomic E-state index is -1.21. The van der Waals surface area contributed by atoms with Crippen molar-refractivity contribution in [3.63, 3.8) is 0 Å². The molecule has 1 saturated heterocycles. The number of nitrogens with zero attached hydrogens (tertiary/aromatic N) is 1. The van der Waals surface area contributed by atoms with Gasteiger partial charge in [-0.05, 0) is 19.8 Å². The Balaban J connectivity index is 2.44. The first-order valence-electron chi connectivity index (χ1n) is 6.52. The third-order valence-electron chi connectivity index (χ3n) is 2.78. The number of esters is 1. The van der Waals surface area contributed by atoms with Gasteiger partial charge in [-0.3, -0.25) is 10.1 Å². The van der Waals surface area contributed by atoms with Gasteiger partial charge in [0.15, 0.2) is 0 Å². The van der Waals surface area contributed by atoms with E-state index in [-0.39, 0.29) is 6.61 Å². The normalized spacial score (nSPS) is 17.4. The maximum atomic E-state index is 11.9. The molecule has 1 rings (SSSR count). The highest BCUT2D eigenvalue weighted by atomic mass is 16.5. The molecule has 0 radical (unpaired) electrons. The van der Waals surface area contributed by atoms with Crippen LogP contribution in [-0.2, 0) is 23.9 Å². The monoisotopic (exact) mass is 302 g/mol. The zero-order valence-electron chi connectivity index (χ0n) is 11.7. The number of ether oxygens (including phenoxy) is 2. The van der Waals surface area contributed by atoms with Gasteiger partial charge in [0.1, 0.15) is 19.3 Å². The van der Waals surface area contributed by atoms with Crippen LogP contribution < -0.4 is 5.32 Å². The van der Waals surface area contributed by atoms with Crippen molar-refractivity contribution in [1.29, 1.82) is 0 Å². The third-order valence-corrected chi connectivity index (χ3v) is 2.78. The standard InChI is InChI=1S/C12H18N2O7/c1-2-21-11(18)8-4-3-5-14(8)12(19)13-9(15)6-20-7-10(16)17/h8H,2-7H2,1H3,(H,16,17)(H,13,15,19). The maximum absolute atomic E-state index is 11.9. The van der Waals surface area contributed by atoms with Crippen LogP contribution in [0.4, 0.5) is 4.79 Å². The summed E-state index contributed by atoms with van der Waals surface area (Å²) in [6.45, 7) is 1.05. The molecule has 1 unspecified atom stereocenters. The zero-order chi connectivity index (χ0) is 15.8. The average molecular weight is 302 g/mol. The lowest BCUT2D eigenvalue weighted by atomic mass is 10.2. The average Bonchev–Trinajstić information content (AvgIpc) is 2.87. The van der Waals surface area contributed by atoms with Crippen LogP contribution in [0.2, 0.25) is 0 Å². The lowest BCUT2D eigenvalue weighted by Crippen LogP contribution is -2.49. The van der Waals surface area contributed by atoms with E-state index in [0.717, 1.165) is 0 Å². The van der Waals surface area contributed by atoms with E-state index in [9.17, 15) is 19.2 Å². The number of nitrogens with one attached hydrogen (secondary N) is 1. The van der Waals surface area contributed by atoms with Gasteiger partial charge < -0.3 is 19.5 Å². The molecule has 3 amide bonds. The molecule has 0 bridgehead atoms. The Bertz CT molecular complexity index is 424. The molecule has 1 heterocycles. The Labute approximate surface area is 121 Å². The molecule has 9 nitrogen and oxygen atoms in total. The van der Waals surface area contributed by atoms with E-state index >= 15 is 0 Å². The number of carboxylic acid groups (broad SMARTS) is 1. The minimum Gasteiger partial charge on any atom is -0.480 e. The van der Waals surface area contributed by atoms with Gasteiger partial charge in [0.2, 0.25) is 0 Å². The molecule has 2 N–H and O–H groups in total. The number of aliphatic carboxylic acids is 1. The van der Waals surface area contributed by atoms with Gasteiger partial charge in [-0.25, -0.2) is 14.4 Å². The molecule has 0 spiro atoms. The fourth-order valence-electron chi connectivity index (χ4n) is 1.95. The lowest BCUT2D eigenvalue weighted by Gasteiger charge is -2.22. The van der Waals surface area contributed by atoms with E-state index in [0.29, 0.717) is 19.4 Å². The van der Waals surface area contributed by atoms with Crippen LogP contribution in [0, 0.1) is 0 Å². The highest BCUT2D eigenvalue weighted by Crippen LogP contribution is 2.18. The number of rotatable bonds is 6. The molecule has 9 heteroatoms. The first kappa shape index (κ1) is 16.9. The summed E-state index contributed by atoms with van der Waals surface area (Å²) in [4.78, 5) is 46.4. The van der Waals surface area contributed by atoms with Crippen molar-refractivity contribution in [1.82, 2.24) is 10.2 Å². The molecule has 0 aromatic carbocycles. The van der Waals surface area contributed by atoms with Gasteiger partial charge >= 0.3 is 18.0 Å². The highest BCUT2D eigenvalue weighted by molar-refractivity contribution is 5.96. The first-order valence-corrected chi connectivity index (χ1v) is 6.52. The highest BCUT2D eigenvalue weighted by Gasteiger charge is 2.35. The van der Waals surface area contributed by atoms with E-state index < -0.39 is 43.1 Å². The number of amides is 3. The van der Waals surface area contributed by atoms with E-state index in [1.165, 1.54) is 4.90 Å². The van der Waals surface area contributed by atoms with Crippen LogP contribution in [0.25, 0.3) is 0 Å². The molecule has 0 saturated carbocycles. The Hall–Kier alpha value is -2.16. The van der Waals surface area contributed by atoms with Crippen LogP contribution in [0.15, 0.2) is 0 Å². The van der Waals surface area contributed by atoms with Crippen molar-refractivity contribution in [2.75, 3.05) is 26.4 Å². The lowest BCUT2D eigenvalue weighted by molar-refractivity contribution is -0.148. The maximum Gasteiger partial charge on any atom is 0.329 e. The van der Waals surface area contributed by atoms with Crippen LogP contribution >= 0.6 is 0 Å². The van der Waals surface area contributed by atoms with Crippen molar-refractivity contribution in [2.24, 2.45) is 0 Å². The van der Waals surface area contributed by atoms with E-state index in [2.05, 4.69) is 4.74 Å². The summed E-state index contributed by atoms with van der Waals surface area (Å²) in [5.41, 5.74) is 0. The number of likely N-dealkylation sites (tertiary alicyclic amines) is 1. The molecule has 1 aliphatic rings. The zero-order valence-corrected chi connectivity index (χ0v) is 11.7. The first-order chi connectivity index (χ1) is 9.95. The number of carboxylic acids is 1. The van der Waals surface area contributed by atoms with Crippen LogP contribution in [0.1, 0.15) is 19.8 Å². The van der Waals surface area contributed by atoms with Crippen molar-refractivity contribution in [3.8, 4) is 0 Å². The van der Waals surface area contributed by atoms with Crippen molar-refractivity contribution < 1.29 is 33.8 Å². The largest absolute Gasteiger partial charge is 0.480 e. The SMILES string of the molecule is CCOC(=O)C1CCCN1C(=O)NC(=O)COCC(=O)O. The molecule has 1 fully saturated rings. The Morgan fingerprint density at radius 3 is 2.62 bits per heavy atom. The summed E-state index contributed by atoms with van der Waals surface area (Å²) in [6, 6.07) is -1.41. The van der Waals surface area contributed by atoms with E-state index in [1.54, 1.807) is 6.92 Å². The molecular weight excluding hydrogens is 284 g/mol. The summed E-state index contributed by atoms with van der Waals surface area (Å²) in [7, 11) is 0. The summed E-state index contributed by atoms with van der Waals surface area (Å²) in [6.07, 6.45) is 1.12.